The number of hydrogen-bond donors (Lipinski definition) is 1. The number of carbonyl (C=O) groups is 1. The Balaban J connectivity index is 2.21. The fourth-order valence-electron chi connectivity index (χ4n) is 2.80. The number of carbonyl (C=O) groups excluding carboxylic acids is 1. The average Bonchev–Trinajstić information content (AvgIpc) is 2.67. The molecule has 0 fully saturated rings. The molecule has 11 heteroatoms. The maximum absolute atomic E-state index is 13.3. The number of aromatic nitrogens is 2. The van der Waals surface area contributed by atoms with E-state index in [0.29, 0.717) is 0 Å². The maximum Gasteiger partial charge on any atom is 0.330 e. The number of anilines is 1. The zero-order valence-electron chi connectivity index (χ0n) is 14.9. The third-order valence-corrected chi connectivity index (χ3v) is 6.02. The Labute approximate surface area is 154 Å². The monoisotopic (exact) mass is 394 g/mol. The van der Waals surface area contributed by atoms with Crippen LogP contribution >= 0.6 is 0 Å². The van der Waals surface area contributed by atoms with E-state index in [4.69, 9.17) is 4.74 Å². The van der Waals surface area contributed by atoms with Crippen LogP contribution in [0.2, 0.25) is 0 Å². The largest absolute Gasteiger partial charge is 0.476 e. The number of amides is 1. The lowest BCUT2D eigenvalue weighted by Crippen LogP contribution is -2.51. The highest BCUT2D eigenvalue weighted by atomic mass is 32.2. The van der Waals surface area contributed by atoms with Crippen molar-refractivity contribution < 1.29 is 17.9 Å². The Hall–Kier alpha value is -3.08. The van der Waals surface area contributed by atoms with Gasteiger partial charge in [0.05, 0.1) is 12.2 Å². The topological polar surface area (TPSA) is 120 Å². The van der Waals surface area contributed by atoms with Gasteiger partial charge in [-0.05, 0) is 12.1 Å². The number of benzene rings is 1. The van der Waals surface area contributed by atoms with Crippen LogP contribution in [0.1, 0.15) is 0 Å². The molecule has 0 aliphatic carbocycles. The summed E-state index contributed by atoms with van der Waals surface area (Å²) in [6.07, 6.45) is -0.108. The van der Waals surface area contributed by atoms with Crippen molar-refractivity contribution in [3.63, 3.8) is 0 Å². The van der Waals surface area contributed by atoms with Gasteiger partial charge in [-0.25, -0.2) is 13.2 Å². The van der Waals surface area contributed by atoms with Crippen molar-refractivity contribution in [2.24, 2.45) is 14.1 Å². The summed E-state index contributed by atoms with van der Waals surface area (Å²) < 4.78 is 34.8. The minimum atomic E-state index is -4.36. The Kier molecular flexibility index (Phi) is 4.56. The van der Waals surface area contributed by atoms with Crippen molar-refractivity contribution in [1.29, 1.82) is 0 Å². The van der Waals surface area contributed by atoms with E-state index >= 15 is 0 Å². The van der Waals surface area contributed by atoms with Crippen LogP contribution < -0.4 is 25.6 Å². The van der Waals surface area contributed by atoms with Gasteiger partial charge in [0.1, 0.15) is 5.75 Å². The lowest BCUT2D eigenvalue weighted by Gasteiger charge is -2.34. The van der Waals surface area contributed by atoms with Gasteiger partial charge in [-0.1, -0.05) is 12.1 Å². The molecule has 0 radical (unpaired) electrons. The van der Waals surface area contributed by atoms with Crippen LogP contribution in [-0.2, 0) is 28.9 Å². The summed E-state index contributed by atoms with van der Waals surface area (Å²) in [7, 11) is -0.404. The van der Waals surface area contributed by atoms with Gasteiger partial charge in [-0.15, -0.1) is 0 Å². The number of aryl methyl sites for hydroxylation is 1. The van der Waals surface area contributed by atoms with E-state index in [1.807, 2.05) is 0 Å². The smallest absolute Gasteiger partial charge is 0.330 e. The molecule has 1 atom stereocenters. The molecule has 2 aromatic rings. The molecule has 1 amide bonds. The summed E-state index contributed by atoms with van der Waals surface area (Å²) >= 11 is 0. The molecular formula is C16H18N4O6S. The molecule has 3 rings (SSSR count). The summed E-state index contributed by atoms with van der Waals surface area (Å²) in [5, 5.41) is 2.42. The third kappa shape index (κ3) is 2.99. The zero-order chi connectivity index (χ0) is 19.9. The Bertz CT molecular complexity index is 1130. The van der Waals surface area contributed by atoms with Crippen LogP contribution in [0.4, 0.5) is 5.69 Å². The van der Waals surface area contributed by atoms with Crippen LogP contribution in [0.5, 0.6) is 5.75 Å². The van der Waals surface area contributed by atoms with Crippen molar-refractivity contribution in [2.45, 2.75) is 11.0 Å². The first-order valence-corrected chi connectivity index (χ1v) is 9.39. The molecular weight excluding hydrogens is 376 g/mol. The van der Waals surface area contributed by atoms with Gasteiger partial charge in [0.15, 0.2) is 11.0 Å². The molecule has 144 valence electrons. The number of sulfonamides is 1. The van der Waals surface area contributed by atoms with E-state index in [-0.39, 0.29) is 18.0 Å². The second-order valence-electron chi connectivity index (χ2n) is 5.98. The Morgan fingerprint density at radius 1 is 1.22 bits per heavy atom. The standard InChI is InChI=1S/C16H18N4O6S/c1-17-14(21)12-8-20(10-6-4-5-7-11(10)26-12)27(24,25)13-9-18(2)16(23)19(3)15(13)22/h4-7,9,12H,8H2,1-3H3,(H,17,21). The minimum absolute atomic E-state index is 0.197. The fraction of sp³-hybridized carbons (Fsp3) is 0.312. The number of nitrogens with zero attached hydrogens (tertiary/aromatic N) is 3. The van der Waals surface area contributed by atoms with E-state index < -0.39 is 38.2 Å². The quantitative estimate of drug-likeness (QED) is 0.697. The molecule has 1 aliphatic heterocycles. The molecule has 1 aliphatic rings. The molecule has 10 nitrogen and oxygen atoms in total. The van der Waals surface area contributed by atoms with Crippen molar-refractivity contribution in [3.05, 3.63) is 51.3 Å². The van der Waals surface area contributed by atoms with Crippen molar-refractivity contribution >= 4 is 21.6 Å². The summed E-state index contributed by atoms with van der Waals surface area (Å²) in [5.74, 6) is -0.305. The molecule has 2 heterocycles. The SMILES string of the molecule is CNC(=O)C1CN(S(=O)(=O)c2cn(C)c(=O)n(C)c2=O)c2ccccc2O1. The summed E-state index contributed by atoms with van der Waals surface area (Å²) in [6.45, 7) is -0.314. The van der Waals surface area contributed by atoms with Gasteiger partial charge >= 0.3 is 5.69 Å². The van der Waals surface area contributed by atoms with E-state index in [9.17, 15) is 22.8 Å². The van der Waals surface area contributed by atoms with E-state index in [0.717, 1.165) is 19.6 Å². The Morgan fingerprint density at radius 3 is 2.56 bits per heavy atom. The molecule has 0 bridgehead atoms. The van der Waals surface area contributed by atoms with Crippen molar-refractivity contribution in [3.8, 4) is 5.75 Å². The van der Waals surface area contributed by atoms with Gasteiger partial charge in [-0.2, -0.15) is 0 Å². The lowest BCUT2D eigenvalue weighted by atomic mass is 10.2. The number of fused-ring (bicyclic) bond motifs is 1. The van der Waals surface area contributed by atoms with E-state index in [1.165, 1.54) is 33.3 Å². The first-order valence-electron chi connectivity index (χ1n) is 7.95. The number of ether oxygens (including phenoxy) is 1. The lowest BCUT2D eigenvalue weighted by molar-refractivity contribution is -0.127. The predicted molar refractivity (Wildman–Crippen MR) is 96.4 cm³/mol. The highest BCUT2D eigenvalue weighted by Gasteiger charge is 2.38. The summed E-state index contributed by atoms with van der Waals surface area (Å²) in [6, 6.07) is 6.30. The number of hydrogen-bond acceptors (Lipinski definition) is 6. The van der Waals surface area contributed by atoms with Crippen molar-refractivity contribution in [1.82, 2.24) is 14.5 Å². The van der Waals surface area contributed by atoms with Crippen LogP contribution in [0.25, 0.3) is 0 Å². The first-order chi connectivity index (χ1) is 12.7. The van der Waals surface area contributed by atoms with Gasteiger partial charge in [0.25, 0.3) is 21.5 Å². The minimum Gasteiger partial charge on any atom is -0.476 e. The molecule has 0 saturated heterocycles. The van der Waals surface area contributed by atoms with Crippen molar-refractivity contribution in [2.75, 3.05) is 17.9 Å². The first kappa shape index (κ1) is 18.7. The average molecular weight is 394 g/mol. The summed E-state index contributed by atoms with van der Waals surface area (Å²) in [4.78, 5) is 35.8. The normalized spacial score (nSPS) is 16.4. The number of likely N-dealkylation sites (N-methyl/N-ethyl adjacent to an activating group) is 1. The second kappa shape index (κ2) is 6.58. The van der Waals surface area contributed by atoms with Gasteiger partial charge < -0.3 is 14.6 Å². The third-order valence-electron chi connectivity index (χ3n) is 4.26. The van der Waals surface area contributed by atoms with Gasteiger partial charge in [-0.3, -0.25) is 18.5 Å². The number of nitrogens with one attached hydrogen (secondary N) is 1. The van der Waals surface area contributed by atoms with Crippen LogP contribution in [-0.4, -0.2) is 43.2 Å². The van der Waals surface area contributed by atoms with E-state index in [1.54, 1.807) is 12.1 Å². The molecule has 1 N–H and O–H groups in total. The number of para-hydroxylation sites is 2. The molecule has 0 saturated carbocycles. The molecule has 1 aromatic carbocycles. The van der Waals surface area contributed by atoms with Crippen LogP contribution in [0, 0.1) is 0 Å². The fourth-order valence-corrected chi connectivity index (χ4v) is 4.43. The Morgan fingerprint density at radius 2 is 1.89 bits per heavy atom. The number of rotatable bonds is 3. The van der Waals surface area contributed by atoms with Crippen LogP contribution in [0.3, 0.4) is 0 Å². The predicted octanol–water partition coefficient (Wildman–Crippen LogP) is -1.21. The van der Waals surface area contributed by atoms with Gasteiger partial charge in [0.2, 0.25) is 0 Å². The highest BCUT2D eigenvalue weighted by Crippen LogP contribution is 2.36. The molecule has 1 aromatic heterocycles. The molecule has 0 spiro atoms. The zero-order valence-corrected chi connectivity index (χ0v) is 15.7. The molecule has 27 heavy (non-hydrogen) atoms. The van der Waals surface area contributed by atoms with Crippen LogP contribution in [0.15, 0.2) is 44.9 Å². The second-order valence-corrected chi connectivity index (χ2v) is 7.81. The summed E-state index contributed by atoms with van der Waals surface area (Å²) in [5.41, 5.74) is -1.39. The van der Waals surface area contributed by atoms with E-state index in [2.05, 4.69) is 5.32 Å². The molecule has 1 unspecified atom stereocenters. The van der Waals surface area contributed by atoms with Gasteiger partial charge in [0, 0.05) is 27.3 Å². The highest BCUT2D eigenvalue weighted by molar-refractivity contribution is 7.92. The maximum atomic E-state index is 13.3.